The SMILES string of the molecule is O=C(CN1C(=O)c2ccccc2C1=O)Nc1ccc(Nc2cc(-c3ccccc3)ncn2)cc1. The summed E-state index contributed by atoms with van der Waals surface area (Å²) in [6.07, 6.45) is 1.50. The van der Waals surface area contributed by atoms with E-state index in [9.17, 15) is 14.4 Å². The molecular weight excluding hydrogens is 430 g/mol. The molecule has 2 N–H and O–H groups in total. The maximum absolute atomic E-state index is 12.5. The molecule has 0 saturated carbocycles. The Morgan fingerprint density at radius 3 is 2.06 bits per heavy atom. The van der Waals surface area contributed by atoms with Crippen molar-refractivity contribution in [2.75, 3.05) is 17.2 Å². The average molecular weight is 449 g/mol. The highest BCUT2D eigenvalue weighted by molar-refractivity contribution is 6.22. The van der Waals surface area contributed by atoms with E-state index in [1.807, 2.05) is 36.4 Å². The Balaban J connectivity index is 1.21. The van der Waals surface area contributed by atoms with Gasteiger partial charge in [0, 0.05) is 23.0 Å². The van der Waals surface area contributed by atoms with Crippen molar-refractivity contribution >= 4 is 34.9 Å². The Bertz CT molecular complexity index is 1350. The third-order valence-corrected chi connectivity index (χ3v) is 5.36. The third-order valence-electron chi connectivity index (χ3n) is 5.36. The van der Waals surface area contributed by atoms with E-state index in [0.29, 0.717) is 22.6 Å². The Hall–Kier alpha value is -4.85. The number of rotatable bonds is 6. The van der Waals surface area contributed by atoms with E-state index in [2.05, 4.69) is 20.6 Å². The fourth-order valence-electron chi connectivity index (χ4n) is 3.70. The van der Waals surface area contributed by atoms with Gasteiger partial charge in [0.25, 0.3) is 11.8 Å². The minimum absolute atomic E-state index is 0.316. The van der Waals surface area contributed by atoms with Gasteiger partial charge in [0.2, 0.25) is 5.91 Å². The monoisotopic (exact) mass is 449 g/mol. The largest absolute Gasteiger partial charge is 0.340 e. The molecule has 0 radical (unpaired) electrons. The van der Waals surface area contributed by atoms with Crippen molar-refractivity contribution in [2.45, 2.75) is 0 Å². The van der Waals surface area contributed by atoms with Gasteiger partial charge in [-0.1, -0.05) is 42.5 Å². The number of anilines is 3. The van der Waals surface area contributed by atoms with Gasteiger partial charge in [-0.15, -0.1) is 0 Å². The van der Waals surface area contributed by atoms with Crippen LogP contribution in [0.1, 0.15) is 20.7 Å². The fourth-order valence-corrected chi connectivity index (χ4v) is 3.70. The number of nitrogens with zero attached hydrogens (tertiary/aromatic N) is 3. The van der Waals surface area contributed by atoms with E-state index in [4.69, 9.17) is 0 Å². The summed E-state index contributed by atoms with van der Waals surface area (Å²) < 4.78 is 0. The van der Waals surface area contributed by atoms with Gasteiger partial charge in [-0.25, -0.2) is 9.97 Å². The molecular formula is C26H19N5O3. The zero-order valence-corrected chi connectivity index (χ0v) is 17.9. The predicted molar refractivity (Wildman–Crippen MR) is 128 cm³/mol. The van der Waals surface area contributed by atoms with E-state index in [1.165, 1.54) is 6.33 Å². The van der Waals surface area contributed by atoms with Gasteiger partial charge < -0.3 is 10.6 Å². The minimum Gasteiger partial charge on any atom is -0.340 e. The van der Waals surface area contributed by atoms with Crippen molar-refractivity contribution in [2.24, 2.45) is 0 Å². The summed E-state index contributed by atoms with van der Waals surface area (Å²) in [6.45, 7) is -0.352. The van der Waals surface area contributed by atoms with E-state index in [-0.39, 0.29) is 6.54 Å². The lowest BCUT2D eigenvalue weighted by Crippen LogP contribution is -2.37. The van der Waals surface area contributed by atoms with Crippen molar-refractivity contribution in [1.29, 1.82) is 0 Å². The lowest BCUT2D eigenvalue weighted by Gasteiger charge is -2.14. The first-order valence-electron chi connectivity index (χ1n) is 10.6. The van der Waals surface area contributed by atoms with E-state index in [0.717, 1.165) is 21.8 Å². The lowest BCUT2D eigenvalue weighted by molar-refractivity contribution is -0.116. The number of imide groups is 1. The van der Waals surface area contributed by atoms with Gasteiger partial charge in [0.05, 0.1) is 16.8 Å². The number of nitrogens with one attached hydrogen (secondary N) is 2. The quantitative estimate of drug-likeness (QED) is 0.429. The zero-order valence-electron chi connectivity index (χ0n) is 17.9. The molecule has 0 saturated heterocycles. The highest BCUT2D eigenvalue weighted by Crippen LogP contribution is 2.23. The first-order chi connectivity index (χ1) is 16.6. The van der Waals surface area contributed by atoms with Crippen molar-refractivity contribution in [3.63, 3.8) is 0 Å². The van der Waals surface area contributed by atoms with E-state index < -0.39 is 17.7 Å². The molecule has 0 spiro atoms. The van der Waals surface area contributed by atoms with Crippen LogP contribution in [-0.4, -0.2) is 39.1 Å². The molecule has 0 bridgehead atoms. The molecule has 8 heteroatoms. The minimum atomic E-state index is -0.463. The molecule has 0 fully saturated rings. The number of benzene rings is 3. The van der Waals surface area contributed by atoms with Crippen LogP contribution in [0.2, 0.25) is 0 Å². The number of hydrogen-bond acceptors (Lipinski definition) is 6. The van der Waals surface area contributed by atoms with Crippen LogP contribution in [0.3, 0.4) is 0 Å². The maximum Gasteiger partial charge on any atom is 0.262 e. The maximum atomic E-state index is 12.5. The van der Waals surface area contributed by atoms with Crippen LogP contribution in [0.15, 0.2) is 91.3 Å². The molecule has 4 aromatic rings. The van der Waals surface area contributed by atoms with Crippen LogP contribution in [-0.2, 0) is 4.79 Å². The molecule has 5 rings (SSSR count). The van der Waals surface area contributed by atoms with E-state index >= 15 is 0 Å². The summed E-state index contributed by atoms with van der Waals surface area (Å²) in [5.74, 6) is -0.750. The van der Waals surface area contributed by atoms with Gasteiger partial charge in [-0.3, -0.25) is 19.3 Å². The first-order valence-corrected chi connectivity index (χ1v) is 10.6. The van der Waals surface area contributed by atoms with Gasteiger partial charge in [-0.2, -0.15) is 0 Å². The van der Waals surface area contributed by atoms with Gasteiger partial charge in [-0.05, 0) is 36.4 Å². The second-order valence-electron chi connectivity index (χ2n) is 7.65. The molecule has 8 nitrogen and oxygen atoms in total. The average Bonchev–Trinajstić information content (AvgIpc) is 3.11. The summed E-state index contributed by atoms with van der Waals surface area (Å²) in [5, 5.41) is 5.93. The second kappa shape index (κ2) is 8.95. The molecule has 3 amide bonds. The summed E-state index contributed by atoms with van der Waals surface area (Å²) >= 11 is 0. The molecule has 3 aromatic carbocycles. The molecule has 0 atom stereocenters. The van der Waals surface area contributed by atoms with Crippen LogP contribution in [0, 0.1) is 0 Å². The summed E-state index contributed by atoms with van der Waals surface area (Å²) in [5.41, 5.74) is 3.74. The second-order valence-corrected chi connectivity index (χ2v) is 7.65. The fraction of sp³-hybridized carbons (Fsp3) is 0.0385. The molecule has 1 aromatic heterocycles. The number of amides is 3. The van der Waals surface area contributed by atoms with Crippen molar-refractivity contribution in [1.82, 2.24) is 14.9 Å². The topological polar surface area (TPSA) is 104 Å². The van der Waals surface area contributed by atoms with Crippen LogP contribution in [0.25, 0.3) is 11.3 Å². The molecule has 34 heavy (non-hydrogen) atoms. The van der Waals surface area contributed by atoms with Gasteiger partial charge in [0.1, 0.15) is 18.7 Å². The van der Waals surface area contributed by atoms with Crippen LogP contribution >= 0.6 is 0 Å². The summed E-state index contributed by atoms with van der Waals surface area (Å²) in [4.78, 5) is 46.9. The molecule has 0 aliphatic carbocycles. The van der Waals surface area contributed by atoms with Crippen molar-refractivity contribution in [3.8, 4) is 11.3 Å². The van der Waals surface area contributed by atoms with Crippen molar-refractivity contribution in [3.05, 3.63) is 102 Å². The number of hydrogen-bond donors (Lipinski definition) is 2. The summed E-state index contributed by atoms with van der Waals surface area (Å²) in [6, 6.07) is 25.2. The predicted octanol–water partition coefficient (Wildman–Crippen LogP) is 4.12. The standard InChI is InChI=1S/C26H19N5O3/c32-24(15-31-25(33)20-8-4-5-9-21(20)26(31)34)30-19-12-10-18(11-13-19)29-23-14-22(27-16-28-23)17-6-2-1-3-7-17/h1-14,16H,15H2,(H,30,32)(H,27,28,29). The Kier molecular flexibility index (Phi) is 5.53. The zero-order chi connectivity index (χ0) is 23.5. The van der Waals surface area contributed by atoms with Crippen molar-refractivity contribution < 1.29 is 14.4 Å². The summed E-state index contributed by atoms with van der Waals surface area (Å²) in [7, 11) is 0. The Morgan fingerprint density at radius 1 is 0.765 bits per heavy atom. The Labute approximate surface area is 195 Å². The van der Waals surface area contributed by atoms with Gasteiger partial charge >= 0.3 is 0 Å². The molecule has 1 aliphatic rings. The molecule has 0 unspecified atom stereocenters. The molecule has 2 heterocycles. The number of aromatic nitrogens is 2. The van der Waals surface area contributed by atoms with Crippen LogP contribution in [0.5, 0.6) is 0 Å². The third kappa shape index (κ3) is 4.24. The number of fused-ring (bicyclic) bond motifs is 1. The highest BCUT2D eigenvalue weighted by atomic mass is 16.2. The smallest absolute Gasteiger partial charge is 0.262 e. The molecule has 1 aliphatic heterocycles. The van der Waals surface area contributed by atoms with Crippen LogP contribution < -0.4 is 10.6 Å². The highest BCUT2D eigenvalue weighted by Gasteiger charge is 2.36. The van der Waals surface area contributed by atoms with Crippen LogP contribution in [0.4, 0.5) is 17.2 Å². The first kappa shape index (κ1) is 21.0. The van der Waals surface area contributed by atoms with Gasteiger partial charge in [0.15, 0.2) is 0 Å². The Morgan fingerprint density at radius 2 is 1.38 bits per heavy atom. The normalized spacial score (nSPS) is 12.4. The lowest BCUT2D eigenvalue weighted by atomic mass is 10.1. The number of carbonyl (C=O) groups excluding carboxylic acids is 3. The molecule has 166 valence electrons. The number of carbonyl (C=O) groups is 3. The van der Waals surface area contributed by atoms with E-state index in [1.54, 1.807) is 48.5 Å².